The second-order valence-electron chi connectivity index (χ2n) is 7.78. The number of nitrogens with two attached hydrogens (primary N) is 1. The van der Waals surface area contributed by atoms with Crippen molar-refractivity contribution in [2.45, 2.75) is 23.9 Å². The van der Waals surface area contributed by atoms with E-state index in [2.05, 4.69) is 20.3 Å². The first-order valence-electron chi connectivity index (χ1n) is 10.9. The number of likely N-dealkylation sites (tertiary alicyclic amines) is 1. The summed E-state index contributed by atoms with van der Waals surface area (Å²) in [5.41, 5.74) is 6.23. The molecule has 1 saturated heterocycles. The van der Waals surface area contributed by atoms with Crippen LogP contribution in [0.4, 0.5) is 5.69 Å². The van der Waals surface area contributed by atoms with E-state index < -0.39 is 11.8 Å². The van der Waals surface area contributed by atoms with Crippen LogP contribution in [0.3, 0.4) is 0 Å². The Morgan fingerprint density at radius 3 is 2.66 bits per heavy atom. The molecule has 1 aliphatic rings. The van der Waals surface area contributed by atoms with Gasteiger partial charge in [-0.2, -0.15) is 0 Å². The summed E-state index contributed by atoms with van der Waals surface area (Å²) < 4.78 is 5.26. The van der Waals surface area contributed by atoms with Crippen LogP contribution in [0, 0.1) is 0 Å². The summed E-state index contributed by atoms with van der Waals surface area (Å²) in [6, 6.07) is 6.32. The van der Waals surface area contributed by atoms with Crippen molar-refractivity contribution in [1.29, 1.82) is 0 Å². The Morgan fingerprint density at radius 2 is 1.97 bits per heavy atom. The molecular weight excluding hydrogens is 488 g/mol. The number of hydrogen-bond acceptors (Lipinski definition) is 9. The van der Waals surface area contributed by atoms with Gasteiger partial charge in [0.2, 0.25) is 11.8 Å². The molecule has 182 valence electrons. The number of nitrogens with zero attached hydrogens (tertiary/aromatic N) is 4. The van der Waals surface area contributed by atoms with Crippen molar-refractivity contribution in [1.82, 2.24) is 19.9 Å². The van der Waals surface area contributed by atoms with Gasteiger partial charge < -0.3 is 20.7 Å². The Hall–Kier alpha value is -3.51. The lowest BCUT2D eigenvalue weighted by atomic mass is 9.97. The molecule has 0 spiro atoms. The Labute approximate surface area is 210 Å². The van der Waals surface area contributed by atoms with E-state index >= 15 is 0 Å². The number of amides is 3. The Morgan fingerprint density at radius 1 is 1.23 bits per heavy atom. The molecule has 10 nitrogen and oxygen atoms in total. The number of anilines is 1. The minimum atomic E-state index is -0.601. The van der Waals surface area contributed by atoms with Crippen molar-refractivity contribution >= 4 is 46.5 Å². The Bertz CT molecular complexity index is 1210. The van der Waals surface area contributed by atoms with Crippen molar-refractivity contribution < 1.29 is 19.1 Å². The molecule has 2 aromatic heterocycles. The lowest BCUT2D eigenvalue weighted by Crippen LogP contribution is -2.39. The van der Waals surface area contributed by atoms with E-state index in [-0.39, 0.29) is 23.1 Å². The molecule has 3 aromatic rings. The molecule has 1 aliphatic heterocycles. The molecule has 0 saturated carbocycles. The van der Waals surface area contributed by atoms with Gasteiger partial charge in [0.1, 0.15) is 11.4 Å². The van der Waals surface area contributed by atoms with Crippen LogP contribution in [-0.4, -0.2) is 63.5 Å². The molecule has 0 unspecified atom stereocenters. The maximum Gasteiger partial charge on any atom is 0.275 e. The van der Waals surface area contributed by atoms with E-state index in [0.29, 0.717) is 35.4 Å². The number of primary amides is 1. The molecule has 0 atom stereocenters. The van der Waals surface area contributed by atoms with Crippen LogP contribution >= 0.6 is 23.1 Å². The fraction of sp³-hybridized carbons (Fsp3) is 0.304. The number of aromatic nitrogens is 3. The quantitative estimate of drug-likeness (QED) is 0.347. The summed E-state index contributed by atoms with van der Waals surface area (Å²) in [5.74, 6) is -0.0453. The summed E-state index contributed by atoms with van der Waals surface area (Å²) in [4.78, 5) is 51.5. The fourth-order valence-electron chi connectivity index (χ4n) is 3.68. The number of nitrogens with one attached hydrogen (secondary N) is 1. The van der Waals surface area contributed by atoms with E-state index in [1.807, 2.05) is 4.90 Å². The summed E-state index contributed by atoms with van der Waals surface area (Å²) in [6.45, 7) is 1.27. The highest BCUT2D eigenvalue weighted by molar-refractivity contribution is 7.99. The van der Waals surface area contributed by atoms with E-state index in [1.165, 1.54) is 42.3 Å². The third kappa shape index (κ3) is 6.14. The monoisotopic (exact) mass is 512 g/mol. The summed E-state index contributed by atoms with van der Waals surface area (Å²) in [6.07, 6.45) is 4.87. The molecule has 3 N–H and O–H groups in total. The smallest absolute Gasteiger partial charge is 0.275 e. The van der Waals surface area contributed by atoms with E-state index in [9.17, 15) is 14.4 Å². The van der Waals surface area contributed by atoms with Gasteiger partial charge in [0, 0.05) is 42.3 Å². The number of carbonyl (C=O) groups excluding carboxylic acids is 3. The van der Waals surface area contributed by atoms with Crippen molar-refractivity contribution in [3.63, 3.8) is 0 Å². The Kier molecular flexibility index (Phi) is 7.93. The number of piperidine rings is 1. The van der Waals surface area contributed by atoms with Gasteiger partial charge >= 0.3 is 0 Å². The molecule has 1 aromatic carbocycles. The lowest BCUT2D eigenvalue weighted by molar-refractivity contribution is -0.129. The number of thiazole rings is 1. The number of carbonyl (C=O) groups is 3. The summed E-state index contributed by atoms with van der Waals surface area (Å²) >= 11 is 2.76. The lowest BCUT2D eigenvalue weighted by Gasteiger charge is -2.31. The number of ether oxygens (including phenoxy) is 1. The van der Waals surface area contributed by atoms with Gasteiger partial charge in [0.15, 0.2) is 5.16 Å². The van der Waals surface area contributed by atoms with Crippen LogP contribution < -0.4 is 15.8 Å². The minimum absolute atomic E-state index is 0.0623. The molecule has 35 heavy (non-hydrogen) atoms. The van der Waals surface area contributed by atoms with Crippen LogP contribution in [0.25, 0.3) is 0 Å². The zero-order chi connectivity index (χ0) is 24.8. The van der Waals surface area contributed by atoms with Crippen LogP contribution in [-0.2, 0) is 4.79 Å². The SMILES string of the molecule is COc1ccc(C(N)=O)cc1NC(=O)c1csc(C2CCN(C(=O)CSc3ncccn3)CC2)n1. The van der Waals surface area contributed by atoms with Crippen molar-refractivity contribution in [3.8, 4) is 5.75 Å². The average molecular weight is 513 g/mol. The van der Waals surface area contributed by atoms with Gasteiger partial charge in [0.05, 0.1) is 23.6 Å². The Balaban J connectivity index is 1.32. The van der Waals surface area contributed by atoms with Gasteiger partial charge in [-0.15, -0.1) is 11.3 Å². The molecule has 3 amide bonds. The largest absolute Gasteiger partial charge is 0.495 e. The van der Waals surface area contributed by atoms with Gasteiger partial charge in [-0.3, -0.25) is 14.4 Å². The summed E-state index contributed by atoms with van der Waals surface area (Å²) in [5, 5.41) is 5.91. The topological polar surface area (TPSA) is 140 Å². The second kappa shape index (κ2) is 11.3. The predicted octanol–water partition coefficient (Wildman–Crippen LogP) is 2.79. The van der Waals surface area contributed by atoms with Crippen LogP contribution in [0.1, 0.15) is 44.6 Å². The minimum Gasteiger partial charge on any atom is -0.495 e. The first-order valence-corrected chi connectivity index (χ1v) is 12.7. The molecule has 0 aliphatic carbocycles. The van der Waals surface area contributed by atoms with Crippen LogP contribution in [0.5, 0.6) is 5.75 Å². The predicted molar refractivity (Wildman–Crippen MR) is 133 cm³/mol. The number of methoxy groups -OCH3 is 1. The molecule has 12 heteroatoms. The number of thioether (sulfide) groups is 1. The highest BCUT2D eigenvalue weighted by Gasteiger charge is 2.26. The first kappa shape index (κ1) is 24.6. The van der Waals surface area contributed by atoms with Crippen molar-refractivity contribution in [2.75, 3.05) is 31.3 Å². The number of benzene rings is 1. The molecule has 1 fully saturated rings. The highest BCUT2D eigenvalue weighted by Crippen LogP contribution is 2.31. The third-order valence-electron chi connectivity index (χ3n) is 5.55. The maximum atomic E-state index is 12.8. The van der Waals surface area contributed by atoms with Crippen molar-refractivity contribution in [3.05, 3.63) is 58.3 Å². The van der Waals surface area contributed by atoms with Gasteiger partial charge in [-0.05, 0) is 37.1 Å². The van der Waals surface area contributed by atoms with Crippen LogP contribution in [0.2, 0.25) is 0 Å². The normalized spacial score (nSPS) is 13.9. The molecule has 4 rings (SSSR count). The highest BCUT2D eigenvalue weighted by atomic mass is 32.2. The molecule has 0 radical (unpaired) electrons. The summed E-state index contributed by atoms with van der Waals surface area (Å²) in [7, 11) is 1.47. The number of hydrogen-bond donors (Lipinski definition) is 2. The third-order valence-corrected chi connectivity index (χ3v) is 7.42. The zero-order valence-electron chi connectivity index (χ0n) is 19.0. The molecule has 3 heterocycles. The number of rotatable bonds is 8. The van der Waals surface area contributed by atoms with E-state index in [4.69, 9.17) is 10.5 Å². The van der Waals surface area contributed by atoms with E-state index in [0.717, 1.165) is 17.8 Å². The fourth-order valence-corrected chi connectivity index (χ4v) is 5.36. The standard InChI is InChI=1S/C23H24N6O4S2/c1-33-18-4-3-15(20(24)31)11-16(18)27-21(32)17-12-34-22(28-17)14-5-9-29(10-6-14)19(30)13-35-23-25-7-2-8-26-23/h2-4,7-8,11-12,14H,5-6,9-10,13H2,1H3,(H2,24,31)(H,27,32). The molecular formula is C23H24N6O4S2. The maximum absolute atomic E-state index is 12.8. The molecule has 0 bridgehead atoms. The first-order chi connectivity index (χ1) is 16.9. The van der Waals surface area contributed by atoms with Gasteiger partial charge in [-0.1, -0.05) is 11.8 Å². The second-order valence-corrected chi connectivity index (χ2v) is 9.61. The average Bonchev–Trinajstić information content (AvgIpc) is 3.38. The van der Waals surface area contributed by atoms with Crippen molar-refractivity contribution in [2.24, 2.45) is 5.73 Å². The van der Waals surface area contributed by atoms with Crippen LogP contribution in [0.15, 0.2) is 47.2 Å². The van der Waals surface area contributed by atoms with Gasteiger partial charge in [0.25, 0.3) is 5.91 Å². The van der Waals surface area contributed by atoms with Gasteiger partial charge in [-0.25, -0.2) is 15.0 Å². The zero-order valence-corrected chi connectivity index (χ0v) is 20.6. The van der Waals surface area contributed by atoms with E-state index in [1.54, 1.807) is 29.9 Å².